The van der Waals surface area contributed by atoms with Crippen LogP contribution in [0.3, 0.4) is 0 Å². The van der Waals surface area contributed by atoms with Crippen LogP contribution in [0, 0.1) is 28.8 Å². The second-order valence-corrected chi connectivity index (χ2v) is 6.84. The Labute approximate surface area is 149 Å². The smallest absolute Gasteiger partial charge is 0.301 e. The van der Waals surface area contributed by atoms with Crippen molar-refractivity contribution in [2.24, 2.45) is 10.9 Å². The van der Waals surface area contributed by atoms with E-state index in [0.717, 1.165) is 5.69 Å². The molecule has 0 spiro atoms. The van der Waals surface area contributed by atoms with Crippen LogP contribution in [0.15, 0.2) is 28.1 Å². The lowest BCUT2D eigenvalue weighted by Gasteiger charge is -2.09. The monoisotopic (exact) mass is 358 g/mol. The van der Waals surface area contributed by atoms with Crippen LogP contribution in [0.25, 0.3) is 0 Å². The zero-order chi connectivity index (χ0) is 19.0. The van der Waals surface area contributed by atoms with Gasteiger partial charge >= 0.3 is 11.2 Å². The summed E-state index contributed by atoms with van der Waals surface area (Å²) in [5, 5.41) is 11.0. The van der Waals surface area contributed by atoms with E-state index in [1.807, 2.05) is 13.8 Å². The van der Waals surface area contributed by atoms with E-state index in [0.29, 0.717) is 35.0 Å². The summed E-state index contributed by atoms with van der Waals surface area (Å²) in [6, 6.07) is 2.72. The number of nitro groups is 1. The maximum atomic E-state index is 14.2. The van der Waals surface area contributed by atoms with Crippen molar-refractivity contribution in [1.82, 2.24) is 9.55 Å². The minimum atomic E-state index is -0.701. The SMILES string of the molecule is Cc1ccc([N+](=O)[O-])c(=O)n1CC1=Nc2c(CC(C)C)ncc(F)c2C1. The maximum Gasteiger partial charge on any atom is 0.334 e. The molecule has 0 saturated heterocycles. The largest absolute Gasteiger partial charge is 0.334 e. The number of aromatic nitrogens is 2. The van der Waals surface area contributed by atoms with Gasteiger partial charge in [-0.15, -0.1) is 0 Å². The summed E-state index contributed by atoms with van der Waals surface area (Å²) >= 11 is 0. The average molecular weight is 358 g/mol. The van der Waals surface area contributed by atoms with E-state index >= 15 is 0 Å². The van der Waals surface area contributed by atoms with Crippen LogP contribution in [0.4, 0.5) is 15.8 Å². The van der Waals surface area contributed by atoms with Crippen molar-refractivity contribution in [1.29, 1.82) is 0 Å². The molecule has 8 heteroatoms. The lowest BCUT2D eigenvalue weighted by molar-refractivity contribution is -0.386. The first-order valence-electron chi connectivity index (χ1n) is 8.35. The Morgan fingerprint density at radius 3 is 2.77 bits per heavy atom. The lowest BCUT2D eigenvalue weighted by Crippen LogP contribution is -2.27. The fourth-order valence-electron chi connectivity index (χ4n) is 3.07. The summed E-state index contributed by atoms with van der Waals surface area (Å²) in [5.74, 6) is -0.0766. The molecule has 136 valence electrons. The van der Waals surface area contributed by atoms with Crippen molar-refractivity contribution in [3.8, 4) is 0 Å². The predicted molar refractivity (Wildman–Crippen MR) is 95.6 cm³/mol. The minimum Gasteiger partial charge on any atom is -0.301 e. The van der Waals surface area contributed by atoms with Gasteiger partial charge in [0.25, 0.3) is 0 Å². The van der Waals surface area contributed by atoms with Gasteiger partial charge in [0.2, 0.25) is 0 Å². The summed E-state index contributed by atoms with van der Waals surface area (Å²) in [7, 11) is 0. The van der Waals surface area contributed by atoms with Gasteiger partial charge in [-0.05, 0) is 25.3 Å². The highest BCUT2D eigenvalue weighted by molar-refractivity contribution is 5.94. The Bertz CT molecular complexity index is 979. The normalized spacial score (nSPS) is 13.0. The fourth-order valence-corrected chi connectivity index (χ4v) is 3.07. The zero-order valence-electron chi connectivity index (χ0n) is 14.8. The molecular weight excluding hydrogens is 339 g/mol. The second-order valence-electron chi connectivity index (χ2n) is 6.84. The summed E-state index contributed by atoms with van der Waals surface area (Å²) < 4.78 is 15.5. The van der Waals surface area contributed by atoms with Gasteiger partial charge in [-0.3, -0.25) is 24.9 Å². The van der Waals surface area contributed by atoms with Crippen molar-refractivity contribution < 1.29 is 9.31 Å². The highest BCUT2D eigenvalue weighted by atomic mass is 19.1. The first-order chi connectivity index (χ1) is 12.3. The number of nitrogens with zero attached hydrogens (tertiary/aromatic N) is 4. The molecule has 0 fully saturated rings. The number of rotatable bonds is 5. The molecule has 3 heterocycles. The molecule has 7 nitrogen and oxygen atoms in total. The number of pyridine rings is 2. The number of aryl methyl sites for hydroxylation is 1. The summed E-state index contributed by atoms with van der Waals surface area (Å²) in [4.78, 5) is 31.3. The molecule has 2 aromatic heterocycles. The highest BCUT2D eigenvalue weighted by Gasteiger charge is 2.24. The minimum absolute atomic E-state index is 0.0849. The van der Waals surface area contributed by atoms with Gasteiger partial charge in [-0.1, -0.05) is 13.8 Å². The first-order valence-corrected chi connectivity index (χ1v) is 8.35. The molecular formula is C18H19FN4O3. The number of halogens is 1. The van der Waals surface area contributed by atoms with Crippen LogP contribution in [-0.4, -0.2) is 20.2 Å². The van der Waals surface area contributed by atoms with Gasteiger partial charge in [-0.2, -0.15) is 0 Å². The molecule has 2 aromatic rings. The molecule has 0 atom stereocenters. The molecule has 3 rings (SSSR count). The second kappa shape index (κ2) is 6.78. The van der Waals surface area contributed by atoms with E-state index in [2.05, 4.69) is 9.98 Å². The molecule has 0 N–H and O–H groups in total. The van der Waals surface area contributed by atoms with E-state index in [1.54, 1.807) is 6.92 Å². The Morgan fingerprint density at radius 1 is 1.38 bits per heavy atom. The van der Waals surface area contributed by atoms with Crippen molar-refractivity contribution in [2.45, 2.75) is 40.2 Å². The average Bonchev–Trinajstić information content (AvgIpc) is 2.98. The molecule has 0 bridgehead atoms. The van der Waals surface area contributed by atoms with Crippen molar-refractivity contribution in [3.05, 3.63) is 61.6 Å². The number of hydrogen-bond acceptors (Lipinski definition) is 5. The summed E-state index contributed by atoms with van der Waals surface area (Å²) in [6.45, 7) is 5.87. The van der Waals surface area contributed by atoms with E-state index in [1.165, 1.54) is 22.9 Å². The van der Waals surface area contributed by atoms with Crippen molar-refractivity contribution in [3.63, 3.8) is 0 Å². The van der Waals surface area contributed by atoms with Crippen LogP contribution >= 0.6 is 0 Å². The lowest BCUT2D eigenvalue weighted by atomic mass is 10.0. The Hall–Kier alpha value is -2.90. The molecule has 0 saturated carbocycles. The van der Waals surface area contributed by atoms with E-state index < -0.39 is 22.0 Å². The van der Waals surface area contributed by atoms with Gasteiger partial charge in [0.1, 0.15) is 5.82 Å². The number of aliphatic imine (C=N–C) groups is 1. The van der Waals surface area contributed by atoms with Crippen LogP contribution in [0.2, 0.25) is 0 Å². The van der Waals surface area contributed by atoms with E-state index in [4.69, 9.17) is 0 Å². The molecule has 0 aliphatic carbocycles. The third kappa shape index (κ3) is 3.26. The number of fused-ring (bicyclic) bond motifs is 1. The molecule has 1 aliphatic heterocycles. The van der Waals surface area contributed by atoms with Gasteiger partial charge in [0, 0.05) is 29.5 Å². The topological polar surface area (TPSA) is 90.4 Å². The van der Waals surface area contributed by atoms with Crippen LogP contribution in [-0.2, 0) is 19.4 Å². The number of hydrogen-bond donors (Lipinski definition) is 0. The third-order valence-electron chi connectivity index (χ3n) is 4.34. The summed E-state index contributed by atoms with van der Waals surface area (Å²) in [5.41, 5.74) is 1.73. The molecule has 0 amide bonds. The summed E-state index contributed by atoms with van der Waals surface area (Å²) in [6.07, 6.45) is 2.15. The van der Waals surface area contributed by atoms with E-state index in [9.17, 15) is 19.3 Å². The molecule has 0 aromatic carbocycles. The van der Waals surface area contributed by atoms with Gasteiger partial charge in [0.05, 0.1) is 29.0 Å². The first kappa shape index (κ1) is 17.9. The Morgan fingerprint density at radius 2 is 2.12 bits per heavy atom. The standard InChI is InChI=1S/C18H19FN4O3/c1-10(2)6-15-17-13(14(19)8-20-15)7-12(21-17)9-22-11(3)4-5-16(18(22)24)23(25)26/h4-5,8,10H,6-7,9H2,1-3H3. The third-order valence-corrected chi connectivity index (χ3v) is 4.34. The highest BCUT2D eigenvalue weighted by Crippen LogP contribution is 2.33. The Kier molecular flexibility index (Phi) is 4.67. The van der Waals surface area contributed by atoms with Crippen LogP contribution < -0.4 is 5.56 Å². The van der Waals surface area contributed by atoms with Crippen LogP contribution in [0.1, 0.15) is 30.8 Å². The zero-order valence-corrected chi connectivity index (χ0v) is 14.8. The van der Waals surface area contributed by atoms with Gasteiger partial charge < -0.3 is 4.57 Å². The molecule has 0 unspecified atom stereocenters. The molecule has 1 aliphatic rings. The maximum absolute atomic E-state index is 14.2. The van der Waals surface area contributed by atoms with E-state index in [-0.39, 0.29) is 13.0 Å². The Balaban J connectivity index is 1.98. The van der Waals surface area contributed by atoms with Crippen molar-refractivity contribution >= 4 is 17.1 Å². The van der Waals surface area contributed by atoms with Gasteiger partial charge in [0.15, 0.2) is 0 Å². The molecule has 0 radical (unpaired) electrons. The van der Waals surface area contributed by atoms with Crippen molar-refractivity contribution in [2.75, 3.05) is 0 Å². The van der Waals surface area contributed by atoms with Crippen LogP contribution in [0.5, 0.6) is 0 Å². The quantitative estimate of drug-likeness (QED) is 0.606. The fraction of sp³-hybridized carbons (Fsp3) is 0.389. The predicted octanol–water partition coefficient (Wildman–Crippen LogP) is 3.13. The van der Waals surface area contributed by atoms with Gasteiger partial charge in [-0.25, -0.2) is 4.39 Å². The molecule has 26 heavy (non-hydrogen) atoms.